The zero-order chi connectivity index (χ0) is 32.5. The molecule has 242 valence electrons. The van der Waals surface area contributed by atoms with Gasteiger partial charge in [0.1, 0.15) is 11.6 Å². The van der Waals surface area contributed by atoms with Gasteiger partial charge in [0.15, 0.2) is 5.83 Å². The van der Waals surface area contributed by atoms with Crippen molar-refractivity contribution in [2.24, 2.45) is 5.92 Å². The van der Waals surface area contributed by atoms with Gasteiger partial charge in [-0.15, -0.1) is 0 Å². The van der Waals surface area contributed by atoms with Crippen molar-refractivity contribution in [2.75, 3.05) is 56.7 Å². The van der Waals surface area contributed by atoms with Crippen LogP contribution in [0.25, 0.3) is 10.8 Å². The topological polar surface area (TPSA) is 88.8 Å². The summed E-state index contributed by atoms with van der Waals surface area (Å²) in [7, 11) is 4.19. The van der Waals surface area contributed by atoms with E-state index < -0.39 is 23.6 Å². The van der Waals surface area contributed by atoms with Crippen LogP contribution in [-0.2, 0) is 17.8 Å². The lowest BCUT2D eigenvalue weighted by Crippen LogP contribution is -2.55. The zero-order valence-corrected chi connectivity index (χ0v) is 26.9. The van der Waals surface area contributed by atoms with Crippen LogP contribution in [0.1, 0.15) is 36.9 Å². The number of piperazine rings is 1. The Morgan fingerprint density at radius 3 is 2.76 bits per heavy atom. The van der Waals surface area contributed by atoms with Crippen LogP contribution in [0.15, 0.2) is 42.7 Å². The average molecular weight is 650 g/mol. The number of nitrogens with zero attached hydrogens (tertiary/aromatic N) is 7. The Hall–Kier alpha value is -4.01. The number of nitriles is 1. The molecule has 3 aliphatic rings. The summed E-state index contributed by atoms with van der Waals surface area (Å²) in [6.07, 6.45) is 3.98. The number of carbonyl (C=O) groups excluding carboxylic acids is 1. The lowest BCUT2D eigenvalue weighted by molar-refractivity contribution is -0.131. The Morgan fingerprint density at radius 2 is 2.00 bits per heavy atom. The van der Waals surface area contributed by atoms with Gasteiger partial charge in [0.05, 0.1) is 42.4 Å². The van der Waals surface area contributed by atoms with Gasteiger partial charge in [-0.2, -0.15) is 15.2 Å². The Balaban J connectivity index is 1.35. The minimum atomic E-state index is -1.04. The fourth-order valence-electron chi connectivity index (χ4n) is 7.30. The number of ether oxygens (including phenoxy) is 1. The van der Waals surface area contributed by atoms with Crippen LogP contribution in [0.2, 0.25) is 5.02 Å². The Bertz CT molecular complexity index is 1700. The standard InChI is InChI=1S/C34H38ClF2N7O2/c1-21(36)33(45)44-17-16-43(18-24(44)12-14-38)32-25-13-15-42(29-9-4-6-22-10-11-26(37)31(35)30(22)29)19-27(25)39-34(40-32)46-20-23-7-5-8-28(23)41(2)3/h4,6,9-11,23-24,28H,1,5,7-8,12-13,15-20H2,2-3H3/t23-,24-,28-/m0/s1. The van der Waals surface area contributed by atoms with Gasteiger partial charge < -0.3 is 24.3 Å². The fourth-order valence-corrected chi connectivity index (χ4v) is 7.57. The molecule has 0 unspecified atom stereocenters. The van der Waals surface area contributed by atoms with Crippen molar-refractivity contribution in [2.45, 2.75) is 50.7 Å². The van der Waals surface area contributed by atoms with Crippen LogP contribution in [0.4, 0.5) is 20.3 Å². The highest BCUT2D eigenvalue weighted by Crippen LogP contribution is 2.38. The largest absolute Gasteiger partial charge is 0.463 e. The van der Waals surface area contributed by atoms with Crippen molar-refractivity contribution in [3.63, 3.8) is 0 Å². The summed E-state index contributed by atoms with van der Waals surface area (Å²) in [5.41, 5.74) is 2.57. The molecule has 12 heteroatoms. The number of amides is 1. The normalized spacial score (nSPS) is 21.4. The van der Waals surface area contributed by atoms with Gasteiger partial charge in [-0.05, 0) is 50.9 Å². The maximum Gasteiger partial charge on any atom is 0.318 e. The molecule has 1 saturated carbocycles. The van der Waals surface area contributed by atoms with E-state index in [1.54, 1.807) is 6.07 Å². The van der Waals surface area contributed by atoms with Gasteiger partial charge in [0.25, 0.3) is 5.91 Å². The molecule has 3 aromatic rings. The maximum absolute atomic E-state index is 14.6. The number of hydrogen-bond donors (Lipinski definition) is 0. The molecule has 2 aliphatic heterocycles. The Labute approximate surface area is 273 Å². The quantitative estimate of drug-likeness (QED) is 0.296. The zero-order valence-electron chi connectivity index (χ0n) is 26.2. The molecule has 0 bridgehead atoms. The highest BCUT2D eigenvalue weighted by atomic mass is 35.5. The summed E-state index contributed by atoms with van der Waals surface area (Å²) in [5.74, 6) is -1.25. The third-order valence-corrected chi connectivity index (χ3v) is 9.96. The summed E-state index contributed by atoms with van der Waals surface area (Å²) in [5, 5.41) is 11.1. The van der Waals surface area contributed by atoms with E-state index >= 15 is 0 Å². The number of rotatable bonds is 8. The van der Waals surface area contributed by atoms with E-state index in [9.17, 15) is 18.8 Å². The smallest absolute Gasteiger partial charge is 0.318 e. The van der Waals surface area contributed by atoms with Gasteiger partial charge in [0, 0.05) is 54.8 Å². The maximum atomic E-state index is 14.6. The summed E-state index contributed by atoms with van der Waals surface area (Å²) < 4.78 is 34.8. The lowest BCUT2D eigenvalue weighted by atomic mass is 10.0. The molecule has 46 heavy (non-hydrogen) atoms. The van der Waals surface area contributed by atoms with Crippen LogP contribution in [0.5, 0.6) is 6.01 Å². The number of anilines is 2. The SMILES string of the molecule is C=C(F)C(=O)N1CCN(c2nc(OC[C@@H]3CCC[C@@H]3N(C)C)nc3c2CCN(c2cccc4ccc(F)c(Cl)c24)C3)C[C@@H]1CC#N. The first kappa shape index (κ1) is 32.0. The first-order chi connectivity index (χ1) is 22.2. The van der Waals surface area contributed by atoms with Crippen molar-refractivity contribution in [3.8, 4) is 12.1 Å². The van der Waals surface area contributed by atoms with Crippen molar-refractivity contribution in [1.82, 2.24) is 19.8 Å². The first-order valence-electron chi connectivity index (χ1n) is 15.7. The molecule has 2 fully saturated rings. The number of hydrogen-bond acceptors (Lipinski definition) is 8. The number of aromatic nitrogens is 2. The third kappa shape index (κ3) is 6.20. The lowest BCUT2D eigenvalue weighted by Gasteiger charge is -2.42. The second-order valence-corrected chi connectivity index (χ2v) is 12.9. The summed E-state index contributed by atoms with van der Waals surface area (Å²) in [4.78, 5) is 30.2. The van der Waals surface area contributed by atoms with Gasteiger partial charge in [-0.25, -0.2) is 8.78 Å². The van der Waals surface area contributed by atoms with Gasteiger partial charge in [0.2, 0.25) is 0 Å². The van der Waals surface area contributed by atoms with E-state index in [-0.39, 0.29) is 24.0 Å². The van der Waals surface area contributed by atoms with Crippen molar-refractivity contribution in [1.29, 1.82) is 5.26 Å². The number of carbonyl (C=O) groups is 1. The van der Waals surface area contributed by atoms with Gasteiger partial charge in [-0.3, -0.25) is 4.79 Å². The molecule has 1 aliphatic carbocycles. The fraction of sp³-hybridized carbons (Fsp3) is 0.471. The van der Waals surface area contributed by atoms with Crippen LogP contribution >= 0.6 is 11.6 Å². The Morgan fingerprint density at radius 1 is 1.17 bits per heavy atom. The second-order valence-electron chi connectivity index (χ2n) is 12.6. The summed E-state index contributed by atoms with van der Waals surface area (Å²) in [6, 6.07) is 11.2. The van der Waals surface area contributed by atoms with Crippen molar-refractivity contribution < 1.29 is 18.3 Å². The van der Waals surface area contributed by atoms with Crippen LogP contribution in [0, 0.1) is 23.1 Å². The number of halogens is 3. The predicted octanol–water partition coefficient (Wildman–Crippen LogP) is 5.51. The van der Waals surface area contributed by atoms with Crippen molar-refractivity contribution >= 4 is 39.8 Å². The third-order valence-electron chi connectivity index (χ3n) is 9.59. The highest BCUT2D eigenvalue weighted by Gasteiger charge is 2.35. The number of fused-ring (bicyclic) bond motifs is 2. The molecule has 1 amide bonds. The number of benzene rings is 2. The monoisotopic (exact) mass is 649 g/mol. The summed E-state index contributed by atoms with van der Waals surface area (Å²) >= 11 is 6.50. The molecular formula is C34H38ClF2N7O2. The van der Waals surface area contributed by atoms with E-state index in [1.165, 1.54) is 11.0 Å². The molecule has 6 rings (SSSR count). The Kier molecular flexibility index (Phi) is 9.29. The molecular weight excluding hydrogens is 612 g/mol. The van der Waals surface area contributed by atoms with Gasteiger partial charge >= 0.3 is 6.01 Å². The molecule has 3 atom stereocenters. The van der Waals surface area contributed by atoms with Crippen molar-refractivity contribution in [3.05, 3.63) is 64.8 Å². The van der Waals surface area contributed by atoms with Gasteiger partial charge in [-0.1, -0.05) is 42.8 Å². The molecule has 0 radical (unpaired) electrons. The predicted molar refractivity (Wildman–Crippen MR) is 174 cm³/mol. The van der Waals surface area contributed by atoms with E-state index in [0.29, 0.717) is 62.4 Å². The molecule has 0 spiro atoms. The second kappa shape index (κ2) is 13.4. The van der Waals surface area contributed by atoms with Crippen LogP contribution < -0.4 is 14.5 Å². The highest BCUT2D eigenvalue weighted by molar-refractivity contribution is 6.36. The summed E-state index contributed by atoms with van der Waals surface area (Å²) in [6.45, 7) is 5.64. The average Bonchev–Trinajstić information content (AvgIpc) is 3.53. The minimum Gasteiger partial charge on any atom is -0.463 e. The minimum absolute atomic E-state index is 0.0476. The molecule has 9 nitrogen and oxygen atoms in total. The van der Waals surface area contributed by atoms with Crippen LogP contribution in [0.3, 0.4) is 0 Å². The van der Waals surface area contributed by atoms with E-state index in [1.807, 2.05) is 18.2 Å². The molecule has 1 aromatic heterocycles. The molecule has 1 saturated heterocycles. The molecule has 2 aromatic carbocycles. The van der Waals surface area contributed by atoms with E-state index in [4.69, 9.17) is 26.3 Å². The molecule has 3 heterocycles. The molecule has 0 N–H and O–H groups in total. The van der Waals surface area contributed by atoms with E-state index in [2.05, 4.69) is 41.4 Å². The van der Waals surface area contributed by atoms with Crippen LogP contribution in [-0.4, -0.2) is 84.6 Å². The van der Waals surface area contributed by atoms with E-state index in [0.717, 1.165) is 41.6 Å². The first-order valence-corrected chi connectivity index (χ1v) is 16.1.